The number of rotatable bonds is 2. The van der Waals surface area contributed by atoms with E-state index < -0.39 is 11.2 Å². The zero-order valence-electron chi connectivity index (χ0n) is 19.6. The summed E-state index contributed by atoms with van der Waals surface area (Å²) in [5.41, 5.74) is 1.10. The van der Waals surface area contributed by atoms with Crippen LogP contribution in [0.15, 0.2) is 53.5 Å². The summed E-state index contributed by atoms with van der Waals surface area (Å²) in [6.45, 7) is 3.11. The molecule has 0 unspecified atom stereocenters. The van der Waals surface area contributed by atoms with Crippen LogP contribution in [0.2, 0.25) is 0 Å². The molecule has 0 spiro atoms. The quantitative estimate of drug-likeness (QED) is 0.370. The number of halogens is 1. The summed E-state index contributed by atoms with van der Waals surface area (Å²) in [6.07, 6.45) is 3.54. The largest absolute Gasteiger partial charge is 0.450 e. The van der Waals surface area contributed by atoms with E-state index in [9.17, 15) is 9.59 Å². The lowest BCUT2D eigenvalue weighted by atomic mass is 10.0. The average molecular weight is 486 g/mol. The molecular weight excluding hydrogens is 461 g/mol. The number of carbonyl (C=O) groups is 1. The van der Waals surface area contributed by atoms with Gasteiger partial charge in [-0.2, -0.15) is 0 Å². The Balaban J connectivity index is 1.55. The zero-order chi connectivity index (χ0) is 24.4. The Labute approximate surface area is 206 Å². The SMILES string of the molecule is O=C(c1cn2c3c(c(N4CCCC4)c(F)cc3c1=O)Oc1c-2ccc2ccccc12)N1CCOCC1. The standard InChI is InChI=1S/C28H24FN3O4/c29-21-15-19-23-27(24(21)30-9-3-4-10-30)36-26-18-6-2-1-5-17(18)7-8-22(26)32(23)16-20(25(19)33)28(34)31-11-13-35-14-12-31/h1-2,5-8,15-16H,3-4,9-14H2. The third-order valence-corrected chi connectivity index (χ3v) is 7.44. The molecule has 3 aromatic carbocycles. The second-order valence-corrected chi connectivity index (χ2v) is 9.51. The van der Waals surface area contributed by atoms with E-state index in [-0.39, 0.29) is 16.9 Å². The first-order chi connectivity index (χ1) is 17.6. The molecule has 7 rings (SSSR count). The number of morpholine rings is 1. The predicted octanol–water partition coefficient (Wildman–Crippen LogP) is 4.46. The summed E-state index contributed by atoms with van der Waals surface area (Å²) in [5, 5.41) is 2.01. The van der Waals surface area contributed by atoms with Gasteiger partial charge in [0.05, 0.1) is 24.3 Å². The molecule has 182 valence electrons. The predicted molar refractivity (Wildman–Crippen MR) is 135 cm³/mol. The van der Waals surface area contributed by atoms with Crippen molar-refractivity contribution >= 4 is 33.3 Å². The van der Waals surface area contributed by atoms with Gasteiger partial charge in [0, 0.05) is 37.8 Å². The summed E-state index contributed by atoms with van der Waals surface area (Å²) in [5.74, 6) is 0.0376. The number of hydrogen-bond acceptors (Lipinski definition) is 5. The number of amides is 1. The topological polar surface area (TPSA) is 64.0 Å². The number of fused-ring (bicyclic) bond motifs is 4. The van der Waals surface area contributed by atoms with Crippen LogP contribution in [0.4, 0.5) is 10.1 Å². The van der Waals surface area contributed by atoms with Gasteiger partial charge in [-0.3, -0.25) is 9.59 Å². The normalized spacial score (nSPS) is 16.9. The van der Waals surface area contributed by atoms with Gasteiger partial charge in [-0.1, -0.05) is 30.3 Å². The highest BCUT2D eigenvalue weighted by atomic mass is 19.1. The van der Waals surface area contributed by atoms with Crippen molar-refractivity contribution in [3.8, 4) is 17.2 Å². The van der Waals surface area contributed by atoms with E-state index in [1.54, 1.807) is 11.1 Å². The number of aromatic nitrogens is 1. The van der Waals surface area contributed by atoms with Crippen LogP contribution in [0.5, 0.6) is 11.5 Å². The molecule has 1 amide bonds. The molecule has 2 saturated heterocycles. The number of nitrogens with zero attached hydrogens (tertiary/aromatic N) is 3. The molecular formula is C28H24FN3O4. The highest BCUT2D eigenvalue weighted by Gasteiger charge is 2.33. The van der Waals surface area contributed by atoms with Crippen molar-refractivity contribution in [2.75, 3.05) is 44.3 Å². The van der Waals surface area contributed by atoms with Crippen molar-refractivity contribution in [2.24, 2.45) is 0 Å². The molecule has 0 N–H and O–H groups in total. The molecule has 4 aromatic rings. The van der Waals surface area contributed by atoms with Crippen LogP contribution in [0.3, 0.4) is 0 Å². The van der Waals surface area contributed by atoms with Crippen LogP contribution < -0.4 is 15.1 Å². The molecule has 36 heavy (non-hydrogen) atoms. The number of anilines is 1. The fraction of sp³-hybridized carbons (Fsp3) is 0.286. The number of carbonyl (C=O) groups excluding carboxylic acids is 1. The number of ether oxygens (including phenoxy) is 2. The molecule has 3 aliphatic heterocycles. The Morgan fingerprint density at radius 1 is 0.917 bits per heavy atom. The second kappa shape index (κ2) is 8.06. The smallest absolute Gasteiger partial charge is 0.259 e. The van der Waals surface area contributed by atoms with Gasteiger partial charge in [-0.15, -0.1) is 0 Å². The fourth-order valence-electron chi connectivity index (χ4n) is 5.66. The van der Waals surface area contributed by atoms with Crippen LogP contribution in [-0.2, 0) is 4.74 Å². The molecule has 0 saturated carbocycles. The van der Waals surface area contributed by atoms with Gasteiger partial charge < -0.3 is 23.8 Å². The molecule has 0 atom stereocenters. The third kappa shape index (κ3) is 3.07. The summed E-state index contributed by atoms with van der Waals surface area (Å²) in [6, 6.07) is 13.0. The highest BCUT2D eigenvalue weighted by molar-refractivity contribution is 6.03. The third-order valence-electron chi connectivity index (χ3n) is 7.44. The van der Waals surface area contributed by atoms with Gasteiger partial charge >= 0.3 is 0 Å². The molecule has 2 fully saturated rings. The van der Waals surface area contributed by atoms with Gasteiger partial charge in [0.2, 0.25) is 5.43 Å². The van der Waals surface area contributed by atoms with Crippen molar-refractivity contribution in [2.45, 2.75) is 12.8 Å². The van der Waals surface area contributed by atoms with E-state index in [4.69, 9.17) is 9.47 Å². The molecule has 7 nitrogen and oxygen atoms in total. The van der Waals surface area contributed by atoms with Crippen molar-refractivity contribution < 1.29 is 18.7 Å². The first-order valence-electron chi connectivity index (χ1n) is 12.4. The van der Waals surface area contributed by atoms with Gasteiger partial charge in [-0.25, -0.2) is 4.39 Å². The molecule has 0 radical (unpaired) electrons. The summed E-state index contributed by atoms with van der Waals surface area (Å²) < 4.78 is 29.5. The molecule has 3 aliphatic rings. The van der Waals surface area contributed by atoms with Crippen molar-refractivity contribution in [1.29, 1.82) is 0 Å². The van der Waals surface area contributed by atoms with E-state index in [0.717, 1.165) is 36.7 Å². The van der Waals surface area contributed by atoms with Crippen LogP contribution in [0, 0.1) is 5.82 Å². The minimum absolute atomic E-state index is 0.0182. The summed E-state index contributed by atoms with van der Waals surface area (Å²) in [7, 11) is 0. The molecule has 1 aromatic heterocycles. The Kier molecular flexibility index (Phi) is 4.79. The average Bonchev–Trinajstić information content (AvgIpc) is 3.44. The van der Waals surface area contributed by atoms with E-state index >= 15 is 4.39 Å². The number of benzene rings is 3. The van der Waals surface area contributed by atoms with Crippen LogP contribution >= 0.6 is 0 Å². The first kappa shape index (κ1) is 21.4. The molecule has 0 aliphatic carbocycles. The van der Waals surface area contributed by atoms with Crippen molar-refractivity contribution in [1.82, 2.24) is 9.47 Å². The lowest BCUT2D eigenvalue weighted by molar-refractivity contribution is 0.0302. The van der Waals surface area contributed by atoms with Gasteiger partial charge in [0.1, 0.15) is 16.8 Å². The van der Waals surface area contributed by atoms with Gasteiger partial charge in [0.25, 0.3) is 5.91 Å². The second-order valence-electron chi connectivity index (χ2n) is 9.51. The number of hydrogen-bond donors (Lipinski definition) is 0. The van der Waals surface area contributed by atoms with Crippen LogP contribution in [0.25, 0.3) is 27.4 Å². The van der Waals surface area contributed by atoms with E-state index in [1.165, 1.54) is 6.07 Å². The van der Waals surface area contributed by atoms with Gasteiger partial charge in [0.15, 0.2) is 17.3 Å². The van der Waals surface area contributed by atoms with Crippen LogP contribution in [0.1, 0.15) is 23.2 Å². The number of pyridine rings is 1. The summed E-state index contributed by atoms with van der Waals surface area (Å²) >= 11 is 0. The first-order valence-corrected chi connectivity index (χ1v) is 12.4. The highest BCUT2D eigenvalue weighted by Crippen LogP contribution is 2.49. The van der Waals surface area contributed by atoms with Crippen molar-refractivity contribution in [3.05, 3.63) is 70.3 Å². The van der Waals surface area contributed by atoms with E-state index in [0.29, 0.717) is 54.7 Å². The van der Waals surface area contributed by atoms with Crippen LogP contribution in [-0.4, -0.2) is 54.8 Å². The van der Waals surface area contributed by atoms with E-state index in [2.05, 4.69) is 0 Å². The Morgan fingerprint density at radius 3 is 2.50 bits per heavy atom. The molecule has 4 heterocycles. The van der Waals surface area contributed by atoms with Gasteiger partial charge in [-0.05, 0) is 30.4 Å². The Bertz CT molecular complexity index is 1620. The lowest BCUT2D eigenvalue weighted by Crippen LogP contribution is -2.42. The Morgan fingerprint density at radius 2 is 1.69 bits per heavy atom. The molecule has 8 heteroatoms. The maximum Gasteiger partial charge on any atom is 0.259 e. The molecule has 0 bridgehead atoms. The summed E-state index contributed by atoms with van der Waals surface area (Å²) in [4.78, 5) is 30.7. The Hall–Kier alpha value is -3.91. The monoisotopic (exact) mass is 485 g/mol. The van der Waals surface area contributed by atoms with E-state index in [1.807, 2.05) is 45.9 Å². The lowest BCUT2D eigenvalue weighted by Gasteiger charge is -2.30. The minimum Gasteiger partial charge on any atom is -0.450 e. The minimum atomic E-state index is -0.511. The fourth-order valence-corrected chi connectivity index (χ4v) is 5.66. The van der Waals surface area contributed by atoms with Crippen molar-refractivity contribution in [3.63, 3.8) is 0 Å². The maximum absolute atomic E-state index is 15.8. The zero-order valence-corrected chi connectivity index (χ0v) is 19.6. The maximum atomic E-state index is 15.8.